The molecule has 0 aliphatic carbocycles. The van der Waals surface area contributed by atoms with Crippen LogP contribution in [0.25, 0.3) is 11.1 Å². The molecule has 2 aromatic rings. The van der Waals surface area contributed by atoms with Crippen molar-refractivity contribution in [1.29, 1.82) is 0 Å². The zero-order valence-electron chi connectivity index (χ0n) is 8.15. The Balaban J connectivity index is 2.60. The zero-order valence-corrected chi connectivity index (χ0v) is 12.6. The normalized spacial score (nSPS) is 10.6. The SMILES string of the molecule is Fc1ncc(-c2cc(Cl)c(Cl)cc2Cl)cc1I. The van der Waals surface area contributed by atoms with Gasteiger partial charge in [0.25, 0.3) is 0 Å². The van der Waals surface area contributed by atoms with Crippen LogP contribution in [-0.4, -0.2) is 4.98 Å². The van der Waals surface area contributed by atoms with Crippen LogP contribution < -0.4 is 0 Å². The van der Waals surface area contributed by atoms with Crippen LogP contribution in [0.3, 0.4) is 0 Å². The van der Waals surface area contributed by atoms with Crippen LogP contribution in [-0.2, 0) is 0 Å². The van der Waals surface area contributed by atoms with Gasteiger partial charge in [0.2, 0.25) is 5.95 Å². The van der Waals surface area contributed by atoms with Gasteiger partial charge in [-0.05, 0) is 40.8 Å². The Hall–Kier alpha value is -0.100. The van der Waals surface area contributed by atoms with Crippen LogP contribution >= 0.6 is 57.4 Å². The second kappa shape index (κ2) is 5.26. The molecule has 1 nitrogen and oxygen atoms in total. The van der Waals surface area contributed by atoms with Crippen molar-refractivity contribution < 1.29 is 4.39 Å². The van der Waals surface area contributed by atoms with E-state index in [0.29, 0.717) is 29.8 Å². The molecule has 0 spiro atoms. The summed E-state index contributed by atoms with van der Waals surface area (Å²) in [6, 6.07) is 4.84. The summed E-state index contributed by atoms with van der Waals surface area (Å²) in [4.78, 5) is 3.64. The first-order valence-corrected chi connectivity index (χ1v) is 6.66. The summed E-state index contributed by atoms with van der Waals surface area (Å²) in [6.07, 6.45) is 1.41. The highest BCUT2D eigenvalue weighted by molar-refractivity contribution is 14.1. The molecule has 17 heavy (non-hydrogen) atoms. The number of halogens is 5. The highest BCUT2D eigenvalue weighted by Crippen LogP contribution is 2.35. The summed E-state index contributed by atoms with van der Waals surface area (Å²) in [5.74, 6) is -0.509. The Morgan fingerprint density at radius 1 is 1.00 bits per heavy atom. The molecule has 0 radical (unpaired) electrons. The van der Waals surface area contributed by atoms with E-state index in [2.05, 4.69) is 4.98 Å². The number of nitrogens with zero attached hydrogens (tertiary/aromatic N) is 1. The van der Waals surface area contributed by atoms with E-state index in [0.717, 1.165) is 0 Å². The van der Waals surface area contributed by atoms with Crippen LogP contribution in [0.1, 0.15) is 0 Å². The second-order valence-corrected chi connectivity index (χ2v) is 5.63. The summed E-state index contributed by atoms with van der Waals surface area (Å²) in [5.41, 5.74) is 1.37. The topological polar surface area (TPSA) is 12.9 Å². The number of rotatable bonds is 1. The minimum Gasteiger partial charge on any atom is -0.227 e. The summed E-state index contributed by atoms with van der Waals surface area (Å²) < 4.78 is 13.5. The maximum Gasteiger partial charge on any atom is 0.226 e. The lowest BCUT2D eigenvalue weighted by Gasteiger charge is -2.07. The molecule has 88 valence electrons. The van der Waals surface area contributed by atoms with Gasteiger partial charge in [0.1, 0.15) is 0 Å². The van der Waals surface area contributed by atoms with E-state index in [-0.39, 0.29) is 0 Å². The van der Waals surface area contributed by atoms with Gasteiger partial charge in [-0.1, -0.05) is 34.8 Å². The molecule has 1 aromatic carbocycles. The van der Waals surface area contributed by atoms with Gasteiger partial charge in [-0.2, -0.15) is 4.39 Å². The van der Waals surface area contributed by atoms with Crippen molar-refractivity contribution >= 4 is 57.4 Å². The first kappa shape index (κ1) is 13.3. The van der Waals surface area contributed by atoms with Crippen molar-refractivity contribution in [2.24, 2.45) is 0 Å². The molecule has 0 fully saturated rings. The summed E-state index contributed by atoms with van der Waals surface area (Å²) >= 11 is 19.7. The number of pyridine rings is 1. The maximum atomic E-state index is 13.1. The third kappa shape index (κ3) is 2.84. The van der Waals surface area contributed by atoms with E-state index in [9.17, 15) is 4.39 Å². The Bertz CT molecular complexity index is 589. The first-order chi connectivity index (χ1) is 7.99. The molecule has 0 unspecified atom stereocenters. The van der Waals surface area contributed by atoms with Crippen molar-refractivity contribution in [3.05, 3.63) is 49.0 Å². The second-order valence-electron chi connectivity index (χ2n) is 3.24. The van der Waals surface area contributed by atoms with Gasteiger partial charge in [-0.15, -0.1) is 0 Å². The van der Waals surface area contributed by atoms with Gasteiger partial charge in [0, 0.05) is 17.3 Å². The molecule has 0 atom stereocenters. The van der Waals surface area contributed by atoms with Gasteiger partial charge in [0.15, 0.2) is 0 Å². The Morgan fingerprint density at radius 2 is 1.65 bits per heavy atom. The van der Waals surface area contributed by atoms with Gasteiger partial charge in [-0.3, -0.25) is 0 Å². The highest BCUT2D eigenvalue weighted by atomic mass is 127. The van der Waals surface area contributed by atoms with Crippen LogP contribution in [0.5, 0.6) is 0 Å². The molecule has 0 aliphatic heterocycles. The van der Waals surface area contributed by atoms with Gasteiger partial charge < -0.3 is 0 Å². The van der Waals surface area contributed by atoms with E-state index in [1.165, 1.54) is 6.20 Å². The lowest BCUT2D eigenvalue weighted by Crippen LogP contribution is -1.90. The summed E-state index contributed by atoms with van der Waals surface area (Å²) in [7, 11) is 0. The Morgan fingerprint density at radius 3 is 2.29 bits per heavy atom. The van der Waals surface area contributed by atoms with Crippen molar-refractivity contribution in [3.63, 3.8) is 0 Å². The zero-order chi connectivity index (χ0) is 12.6. The molecule has 0 saturated carbocycles. The van der Waals surface area contributed by atoms with E-state index >= 15 is 0 Å². The Labute approximate surface area is 126 Å². The molecule has 6 heteroatoms. The first-order valence-electron chi connectivity index (χ1n) is 4.45. The number of hydrogen-bond acceptors (Lipinski definition) is 1. The van der Waals surface area contributed by atoms with Crippen LogP contribution in [0.15, 0.2) is 24.4 Å². The molecule has 0 saturated heterocycles. The predicted molar refractivity (Wildman–Crippen MR) is 77.4 cm³/mol. The van der Waals surface area contributed by atoms with Gasteiger partial charge in [-0.25, -0.2) is 4.98 Å². The fraction of sp³-hybridized carbons (Fsp3) is 0. The molecule has 1 heterocycles. The van der Waals surface area contributed by atoms with E-state index < -0.39 is 5.95 Å². The molecule has 2 rings (SSSR count). The average molecular weight is 402 g/mol. The molecule has 0 bridgehead atoms. The molecule has 0 amide bonds. The predicted octanol–water partition coefficient (Wildman–Crippen LogP) is 5.45. The molecule has 0 N–H and O–H groups in total. The third-order valence-corrected chi connectivity index (χ3v) is 3.91. The third-order valence-electron chi connectivity index (χ3n) is 2.12. The van der Waals surface area contributed by atoms with E-state index in [4.69, 9.17) is 34.8 Å². The largest absolute Gasteiger partial charge is 0.227 e. The van der Waals surface area contributed by atoms with Crippen molar-refractivity contribution in [2.75, 3.05) is 0 Å². The van der Waals surface area contributed by atoms with Crippen LogP contribution in [0.2, 0.25) is 15.1 Å². The lowest BCUT2D eigenvalue weighted by molar-refractivity contribution is 0.576. The minimum absolute atomic E-state index is 0.380. The lowest BCUT2D eigenvalue weighted by atomic mass is 10.1. The van der Waals surface area contributed by atoms with Crippen molar-refractivity contribution in [3.8, 4) is 11.1 Å². The molecule has 1 aromatic heterocycles. The monoisotopic (exact) mass is 401 g/mol. The fourth-order valence-electron chi connectivity index (χ4n) is 1.31. The summed E-state index contributed by atoms with van der Waals surface area (Å²) in [6.45, 7) is 0. The van der Waals surface area contributed by atoms with Crippen molar-refractivity contribution in [1.82, 2.24) is 4.98 Å². The van der Waals surface area contributed by atoms with E-state index in [1.807, 2.05) is 22.6 Å². The maximum absolute atomic E-state index is 13.1. The van der Waals surface area contributed by atoms with Crippen LogP contribution in [0, 0.1) is 9.52 Å². The van der Waals surface area contributed by atoms with Crippen LogP contribution in [0.4, 0.5) is 4.39 Å². The highest BCUT2D eigenvalue weighted by Gasteiger charge is 2.10. The molecular weight excluding hydrogens is 398 g/mol. The fourth-order valence-corrected chi connectivity index (χ4v) is 2.44. The Kier molecular flexibility index (Phi) is 4.13. The standard InChI is InChI=1S/C11H4Cl3FIN/c12-7-3-9(14)8(13)2-6(7)5-1-10(16)11(15)17-4-5/h1-4H. The smallest absolute Gasteiger partial charge is 0.226 e. The number of hydrogen-bond donors (Lipinski definition) is 0. The van der Waals surface area contributed by atoms with Crippen molar-refractivity contribution in [2.45, 2.75) is 0 Å². The number of aromatic nitrogens is 1. The van der Waals surface area contributed by atoms with E-state index in [1.54, 1.807) is 18.2 Å². The molecule has 0 aliphatic rings. The summed E-state index contributed by atoms with van der Waals surface area (Å²) in [5, 5.41) is 1.22. The molecular formula is C11H4Cl3FIN. The van der Waals surface area contributed by atoms with Gasteiger partial charge >= 0.3 is 0 Å². The minimum atomic E-state index is -0.509. The quantitative estimate of drug-likeness (QED) is 0.351. The van der Waals surface area contributed by atoms with Gasteiger partial charge in [0.05, 0.1) is 18.6 Å². The number of benzene rings is 1. The average Bonchev–Trinajstić information content (AvgIpc) is 2.27.